The maximum absolute atomic E-state index is 12.8. The predicted octanol–water partition coefficient (Wildman–Crippen LogP) is 4.22. The number of hydrogen-bond donors (Lipinski definition) is 1. The summed E-state index contributed by atoms with van der Waals surface area (Å²) < 4.78 is 38.4. The van der Waals surface area contributed by atoms with Gasteiger partial charge in [-0.3, -0.25) is 10.1 Å². The van der Waals surface area contributed by atoms with Gasteiger partial charge in [-0.05, 0) is 30.9 Å². The molecule has 0 radical (unpaired) electrons. The Balaban J connectivity index is 2.16. The summed E-state index contributed by atoms with van der Waals surface area (Å²) in [7, 11) is 0. The van der Waals surface area contributed by atoms with E-state index in [9.17, 15) is 23.3 Å². The summed E-state index contributed by atoms with van der Waals surface area (Å²) >= 11 is 0. The molecule has 20 heavy (non-hydrogen) atoms. The Labute approximate surface area is 114 Å². The van der Waals surface area contributed by atoms with E-state index in [1.807, 2.05) is 0 Å². The summed E-state index contributed by atoms with van der Waals surface area (Å²) in [5.41, 5.74) is -1.85. The number of nitrogens with one attached hydrogen (secondary N) is 1. The smallest absolute Gasteiger partial charge is 0.385 e. The van der Waals surface area contributed by atoms with E-state index in [-0.39, 0.29) is 5.69 Å². The van der Waals surface area contributed by atoms with E-state index in [0.717, 1.165) is 37.8 Å². The summed E-state index contributed by atoms with van der Waals surface area (Å²) in [6.45, 7) is 0.606. The molecule has 0 atom stereocenters. The van der Waals surface area contributed by atoms with Gasteiger partial charge >= 0.3 is 6.18 Å². The average molecular weight is 288 g/mol. The van der Waals surface area contributed by atoms with Gasteiger partial charge in [0.15, 0.2) is 0 Å². The Morgan fingerprint density at radius 2 is 1.95 bits per heavy atom. The van der Waals surface area contributed by atoms with Crippen molar-refractivity contribution in [2.75, 3.05) is 11.9 Å². The lowest BCUT2D eigenvalue weighted by molar-refractivity contribution is -0.388. The van der Waals surface area contributed by atoms with Crippen molar-refractivity contribution in [3.63, 3.8) is 0 Å². The maximum atomic E-state index is 12.8. The Morgan fingerprint density at radius 1 is 1.30 bits per heavy atom. The van der Waals surface area contributed by atoms with Gasteiger partial charge in [0.05, 0.1) is 4.92 Å². The van der Waals surface area contributed by atoms with Crippen molar-refractivity contribution in [3.8, 4) is 0 Å². The number of nitro groups is 1. The molecule has 0 bridgehead atoms. The lowest BCUT2D eigenvalue weighted by Gasteiger charge is -2.14. The van der Waals surface area contributed by atoms with Gasteiger partial charge in [0.2, 0.25) is 0 Å². The van der Waals surface area contributed by atoms with E-state index < -0.39 is 22.4 Å². The molecule has 0 saturated heterocycles. The van der Waals surface area contributed by atoms with Crippen LogP contribution in [0.5, 0.6) is 0 Å². The van der Waals surface area contributed by atoms with Crippen LogP contribution in [0.2, 0.25) is 0 Å². The van der Waals surface area contributed by atoms with Crippen molar-refractivity contribution in [1.29, 1.82) is 0 Å². The third-order valence-corrected chi connectivity index (χ3v) is 3.57. The number of rotatable bonds is 4. The lowest BCUT2D eigenvalue weighted by Crippen LogP contribution is -2.13. The molecule has 4 nitrogen and oxygen atoms in total. The lowest BCUT2D eigenvalue weighted by atomic mass is 10.1. The van der Waals surface area contributed by atoms with Crippen LogP contribution in [-0.2, 0) is 6.18 Å². The van der Waals surface area contributed by atoms with Gasteiger partial charge in [-0.2, -0.15) is 13.2 Å². The van der Waals surface area contributed by atoms with Crippen LogP contribution in [-0.4, -0.2) is 11.5 Å². The zero-order chi connectivity index (χ0) is 14.8. The minimum atomic E-state index is -4.73. The van der Waals surface area contributed by atoms with Crippen LogP contribution in [0.15, 0.2) is 18.2 Å². The normalized spacial score (nSPS) is 16.4. The Kier molecular flexibility index (Phi) is 4.15. The van der Waals surface area contributed by atoms with Crippen LogP contribution in [0.25, 0.3) is 0 Å². The zero-order valence-corrected chi connectivity index (χ0v) is 10.7. The van der Waals surface area contributed by atoms with E-state index in [4.69, 9.17) is 0 Å². The second-order valence-electron chi connectivity index (χ2n) is 5.02. The first-order valence-electron chi connectivity index (χ1n) is 6.47. The standard InChI is InChI=1S/C13H15F3N2O2/c14-13(15,16)11-7-10(5-6-12(11)18(19)20)17-8-9-3-1-2-4-9/h5-7,9,17H,1-4,8H2. The summed E-state index contributed by atoms with van der Waals surface area (Å²) in [5.74, 6) is 0.472. The second kappa shape index (κ2) is 5.68. The molecule has 0 spiro atoms. The first-order valence-corrected chi connectivity index (χ1v) is 6.47. The molecule has 0 aliphatic heterocycles. The van der Waals surface area contributed by atoms with Crippen LogP contribution in [0, 0.1) is 16.0 Å². The molecule has 2 rings (SSSR count). The van der Waals surface area contributed by atoms with Crippen LogP contribution in [0.3, 0.4) is 0 Å². The molecule has 1 aromatic carbocycles. The number of alkyl halides is 3. The number of nitrogens with zero attached hydrogens (tertiary/aromatic N) is 1. The fraction of sp³-hybridized carbons (Fsp3) is 0.538. The molecule has 110 valence electrons. The monoisotopic (exact) mass is 288 g/mol. The first kappa shape index (κ1) is 14.6. The molecule has 1 aromatic rings. The highest BCUT2D eigenvalue weighted by Gasteiger charge is 2.38. The van der Waals surface area contributed by atoms with Crippen molar-refractivity contribution in [2.45, 2.75) is 31.9 Å². The fourth-order valence-corrected chi connectivity index (χ4v) is 2.51. The van der Waals surface area contributed by atoms with Crippen molar-refractivity contribution in [3.05, 3.63) is 33.9 Å². The molecule has 1 saturated carbocycles. The van der Waals surface area contributed by atoms with Gasteiger partial charge in [0, 0.05) is 18.3 Å². The largest absolute Gasteiger partial charge is 0.423 e. The quantitative estimate of drug-likeness (QED) is 0.666. The van der Waals surface area contributed by atoms with Crippen LogP contribution >= 0.6 is 0 Å². The summed E-state index contributed by atoms with van der Waals surface area (Å²) in [4.78, 5) is 9.62. The van der Waals surface area contributed by atoms with Gasteiger partial charge in [0.1, 0.15) is 5.56 Å². The minimum absolute atomic E-state index is 0.273. The molecule has 1 fully saturated rings. The molecule has 1 aliphatic rings. The molecule has 0 unspecified atom stereocenters. The highest BCUT2D eigenvalue weighted by atomic mass is 19.4. The Morgan fingerprint density at radius 3 is 2.50 bits per heavy atom. The highest BCUT2D eigenvalue weighted by Crippen LogP contribution is 2.37. The molecule has 0 amide bonds. The number of halogens is 3. The molecule has 1 N–H and O–H groups in total. The molecule has 1 aliphatic carbocycles. The molecular weight excluding hydrogens is 273 g/mol. The molecule has 0 aromatic heterocycles. The predicted molar refractivity (Wildman–Crippen MR) is 68.5 cm³/mol. The topological polar surface area (TPSA) is 55.2 Å². The molecule has 7 heteroatoms. The van der Waals surface area contributed by atoms with Gasteiger partial charge < -0.3 is 5.32 Å². The average Bonchev–Trinajstić information content (AvgIpc) is 2.88. The first-order chi connectivity index (χ1) is 9.38. The fourth-order valence-electron chi connectivity index (χ4n) is 2.51. The van der Waals surface area contributed by atoms with E-state index >= 15 is 0 Å². The second-order valence-corrected chi connectivity index (χ2v) is 5.02. The van der Waals surface area contributed by atoms with E-state index in [1.165, 1.54) is 6.07 Å². The van der Waals surface area contributed by atoms with Crippen molar-refractivity contribution < 1.29 is 18.1 Å². The van der Waals surface area contributed by atoms with E-state index in [0.29, 0.717) is 12.5 Å². The van der Waals surface area contributed by atoms with Gasteiger partial charge in [-0.15, -0.1) is 0 Å². The van der Waals surface area contributed by atoms with Gasteiger partial charge in [-0.1, -0.05) is 12.8 Å². The number of hydrogen-bond acceptors (Lipinski definition) is 3. The van der Waals surface area contributed by atoms with Crippen molar-refractivity contribution in [1.82, 2.24) is 0 Å². The Bertz CT molecular complexity index is 497. The third-order valence-electron chi connectivity index (χ3n) is 3.57. The molecule has 0 heterocycles. The third kappa shape index (κ3) is 3.40. The van der Waals surface area contributed by atoms with Gasteiger partial charge in [0.25, 0.3) is 5.69 Å². The maximum Gasteiger partial charge on any atom is 0.423 e. The number of anilines is 1. The van der Waals surface area contributed by atoms with E-state index in [2.05, 4.69) is 5.32 Å². The number of benzene rings is 1. The van der Waals surface area contributed by atoms with Crippen LogP contribution in [0.4, 0.5) is 24.5 Å². The van der Waals surface area contributed by atoms with Gasteiger partial charge in [-0.25, -0.2) is 0 Å². The zero-order valence-electron chi connectivity index (χ0n) is 10.7. The highest BCUT2D eigenvalue weighted by molar-refractivity contribution is 5.55. The van der Waals surface area contributed by atoms with Crippen LogP contribution < -0.4 is 5.32 Å². The van der Waals surface area contributed by atoms with E-state index in [1.54, 1.807) is 0 Å². The SMILES string of the molecule is O=[N+]([O-])c1ccc(NCC2CCCC2)cc1C(F)(F)F. The van der Waals surface area contributed by atoms with Crippen LogP contribution in [0.1, 0.15) is 31.2 Å². The van der Waals surface area contributed by atoms with Crippen molar-refractivity contribution >= 4 is 11.4 Å². The Hall–Kier alpha value is -1.79. The summed E-state index contributed by atoms with van der Waals surface area (Å²) in [6, 6.07) is 3.04. The minimum Gasteiger partial charge on any atom is -0.385 e. The summed E-state index contributed by atoms with van der Waals surface area (Å²) in [5, 5.41) is 13.6. The number of nitro benzene ring substituents is 1. The molecular formula is C13H15F3N2O2. The summed E-state index contributed by atoms with van der Waals surface area (Å²) in [6.07, 6.45) is -0.271. The van der Waals surface area contributed by atoms with Crippen molar-refractivity contribution in [2.24, 2.45) is 5.92 Å².